The van der Waals surface area contributed by atoms with Gasteiger partial charge in [-0.3, -0.25) is 9.59 Å². The van der Waals surface area contributed by atoms with E-state index in [9.17, 15) is 28.0 Å². The Labute approximate surface area is 167 Å². The third-order valence-corrected chi connectivity index (χ3v) is 4.73. The first-order chi connectivity index (χ1) is 14.2. The zero-order valence-corrected chi connectivity index (χ0v) is 15.0. The lowest BCUT2D eigenvalue weighted by Crippen LogP contribution is -2.32. The van der Waals surface area contributed by atoms with Crippen molar-refractivity contribution in [2.45, 2.75) is 12.3 Å². The van der Waals surface area contributed by atoms with Crippen LogP contribution < -0.4 is 10.5 Å². The van der Waals surface area contributed by atoms with Gasteiger partial charge in [-0.2, -0.15) is 5.26 Å². The molecule has 1 unspecified atom stereocenters. The van der Waals surface area contributed by atoms with Crippen molar-refractivity contribution in [1.29, 1.82) is 5.26 Å². The second kappa shape index (κ2) is 6.77. The minimum absolute atomic E-state index is 0.0889. The molecule has 0 spiro atoms. The van der Waals surface area contributed by atoms with Crippen LogP contribution in [0.1, 0.15) is 32.2 Å². The van der Waals surface area contributed by atoms with Crippen molar-refractivity contribution >= 4 is 11.6 Å². The molecule has 2 aromatic rings. The molecule has 0 radical (unpaired) electrons. The molecule has 0 saturated carbocycles. The third kappa shape index (κ3) is 3.08. The zero-order valence-electron chi connectivity index (χ0n) is 15.0. The fourth-order valence-corrected chi connectivity index (χ4v) is 3.50. The topological polar surface area (TPSA) is 102 Å². The van der Waals surface area contributed by atoms with Gasteiger partial charge in [0.1, 0.15) is 17.4 Å². The normalized spacial score (nSPS) is 18.4. The lowest BCUT2D eigenvalue weighted by Gasteiger charge is -2.31. The molecular weight excluding hydrogens is 401 g/mol. The summed E-state index contributed by atoms with van der Waals surface area (Å²) in [6, 6.07) is 12.6. The van der Waals surface area contributed by atoms with Crippen LogP contribution in [0.3, 0.4) is 0 Å². The van der Waals surface area contributed by atoms with Crippen LogP contribution in [0.5, 0.6) is 5.75 Å². The van der Waals surface area contributed by atoms with Crippen LogP contribution in [-0.2, 0) is 4.74 Å². The van der Waals surface area contributed by atoms with Crippen LogP contribution in [0.25, 0.3) is 0 Å². The van der Waals surface area contributed by atoms with Crippen LogP contribution in [0.2, 0.25) is 0 Å². The second-order valence-electron chi connectivity index (χ2n) is 6.49. The van der Waals surface area contributed by atoms with Crippen molar-refractivity contribution in [3.05, 3.63) is 88.0 Å². The van der Waals surface area contributed by atoms with Crippen molar-refractivity contribution < 1.29 is 32.2 Å². The zero-order chi connectivity index (χ0) is 21.6. The standard InChI is InChI=1S/C21H11F3N2O4/c22-21(23,24)30-11-7-5-10(6-8-11)15-14(9-25)20(26)29-19-16(15)17(27)12-3-1-2-4-13(12)18(19)28/h1-8,15H,26H2. The molecule has 1 aliphatic heterocycles. The monoisotopic (exact) mass is 412 g/mol. The fraction of sp³-hybridized carbons (Fsp3) is 0.0952. The highest BCUT2D eigenvalue weighted by Gasteiger charge is 2.43. The number of hydrogen-bond donors (Lipinski definition) is 1. The van der Waals surface area contributed by atoms with Gasteiger partial charge in [-0.05, 0) is 17.7 Å². The Balaban J connectivity index is 1.85. The Bertz CT molecular complexity index is 1190. The Morgan fingerprint density at radius 1 is 1.00 bits per heavy atom. The largest absolute Gasteiger partial charge is 0.573 e. The van der Waals surface area contributed by atoms with Gasteiger partial charge < -0.3 is 15.2 Å². The predicted octanol–water partition coefficient (Wildman–Crippen LogP) is 3.73. The van der Waals surface area contributed by atoms with Gasteiger partial charge in [-0.15, -0.1) is 13.2 Å². The molecule has 150 valence electrons. The number of rotatable bonds is 2. The number of ether oxygens (including phenoxy) is 2. The maximum atomic E-state index is 13.2. The second-order valence-corrected chi connectivity index (χ2v) is 6.49. The smallest absolute Gasteiger partial charge is 0.436 e. The molecule has 0 aromatic heterocycles. The minimum Gasteiger partial charge on any atom is -0.436 e. The van der Waals surface area contributed by atoms with Gasteiger partial charge in [0.25, 0.3) is 0 Å². The van der Waals surface area contributed by atoms with Gasteiger partial charge in [-0.25, -0.2) is 0 Å². The highest BCUT2D eigenvalue weighted by Crippen LogP contribution is 2.44. The molecule has 0 fully saturated rings. The Morgan fingerprint density at radius 3 is 2.17 bits per heavy atom. The maximum absolute atomic E-state index is 13.2. The third-order valence-electron chi connectivity index (χ3n) is 4.73. The summed E-state index contributed by atoms with van der Waals surface area (Å²) in [7, 11) is 0. The molecular formula is C21H11F3N2O4. The van der Waals surface area contributed by atoms with Crippen LogP contribution in [0.4, 0.5) is 13.2 Å². The van der Waals surface area contributed by atoms with Gasteiger partial charge in [0, 0.05) is 11.1 Å². The number of allylic oxidation sites excluding steroid dienone is 3. The van der Waals surface area contributed by atoms with Gasteiger partial charge in [0.05, 0.1) is 11.5 Å². The molecule has 9 heteroatoms. The molecule has 2 aliphatic rings. The van der Waals surface area contributed by atoms with E-state index >= 15 is 0 Å². The van der Waals surface area contributed by atoms with Crippen LogP contribution in [-0.4, -0.2) is 17.9 Å². The molecule has 2 N–H and O–H groups in total. The predicted molar refractivity (Wildman–Crippen MR) is 95.9 cm³/mol. The van der Waals surface area contributed by atoms with Gasteiger partial charge >= 0.3 is 6.36 Å². The summed E-state index contributed by atoms with van der Waals surface area (Å²) >= 11 is 0. The fourth-order valence-electron chi connectivity index (χ4n) is 3.50. The first-order valence-electron chi connectivity index (χ1n) is 8.57. The number of benzene rings is 2. The molecule has 1 aliphatic carbocycles. The highest BCUT2D eigenvalue weighted by atomic mass is 19.4. The number of nitriles is 1. The van der Waals surface area contributed by atoms with Crippen molar-refractivity contribution in [1.82, 2.24) is 0 Å². The molecule has 1 heterocycles. The summed E-state index contributed by atoms with van der Waals surface area (Å²) in [4.78, 5) is 26.1. The summed E-state index contributed by atoms with van der Waals surface area (Å²) in [6.07, 6.45) is -4.87. The molecule has 0 amide bonds. The molecule has 6 nitrogen and oxygen atoms in total. The number of ketones is 2. The van der Waals surface area contributed by atoms with Crippen LogP contribution in [0.15, 0.2) is 71.3 Å². The summed E-state index contributed by atoms with van der Waals surface area (Å²) in [5.74, 6) is -3.29. The summed E-state index contributed by atoms with van der Waals surface area (Å²) in [5.41, 5.74) is 6.18. The van der Waals surface area contributed by atoms with Crippen LogP contribution >= 0.6 is 0 Å². The number of alkyl halides is 3. The van der Waals surface area contributed by atoms with E-state index < -0.39 is 29.6 Å². The average Bonchev–Trinajstić information content (AvgIpc) is 2.70. The average molecular weight is 412 g/mol. The van der Waals surface area contributed by atoms with E-state index in [2.05, 4.69) is 4.74 Å². The maximum Gasteiger partial charge on any atom is 0.573 e. The highest BCUT2D eigenvalue weighted by molar-refractivity contribution is 6.27. The first kappa shape index (κ1) is 19.3. The molecule has 30 heavy (non-hydrogen) atoms. The van der Waals surface area contributed by atoms with Crippen molar-refractivity contribution in [2.75, 3.05) is 0 Å². The van der Waals surface area contributed by atoms with E-state index in [0.29, 0.717) is 0 Å². The van der Waals surface area contributed by atoms with Gasteiger partial charge in [0.2, 0.25) is 11.7 Å². The molecule has 4 rings (SSSR count). The number of Topliss-reactive ketones (excluding diaryl/α,β-unsaturated/α-hetero) is 2. The summed E-state index contributed by atoms with van der Waals surface area (Å²) < 4.78 is 46.5. The number of halogens is 3. The van der Waals surface area contributed by atoms with E-state index in [1.165, 1.54) is 24.3 Å². The molecule has 1 atom stereocenters. The SMILES string of the molecule is N#CC1=C(N)OC2=C(C(=O)c3ccccc3C2=O)C1c1ccc(OC(F)(F)F)cc1. The first-order valence-corrected chi connectivity index (χ1v) is 8.57. The number of nitrogens with zero attached hydrogens (tertiary/aromatic N) is 1. The number of hydrogen-bond acceptors (Lipinski definition) is 6. The summed E-state index contributed by atoms with van der Waals surface area (Å²) in [5, 5.41) is 9.58. The van der Waals surface area contributed by atoms with Crippen molar-refractivity contribution in [3.63, 3.8) is 0 Å². The van der Waals surface area contributed by atoms with Gasteiger partial charge in [-0.1, -0.05) is 36.4 Å². The number of carbonyl (C=O) groups excluding carboxylic acids is 2. The molecule has 0 saturated heterocycles. The van der Waals surface area contributed by atoms with E-state index in [0.717, 1.165) is 12.1 Å². The quantitative estimate of drug-likeness (QED) is 0.807. The lowest BCUT2D eigenvalue weighted by atomic mass is 9.75. The molecule has 0 bridgehead atoms. The van der Waals surface area contributed by atoms with E-state index in [-0.39, 0.29) is 39.5 Å². The van der Waals surface area contributed by atoms with E-state index in [4.69, 9.17) is 10.5 Å². The van der Waals surface area contributed by atoms with Crippen molar-refractivity contribution in [3.8, 4) is 11.8 Å². The van der Waals surface area contributed by atoms with E-state index in [1.807, 2.05) is 6.07 Å². The van der Waals surface area contributed by atoms with E-state index in [1.54, 1.807) is 12.1 Å². The number of nitrogens with two attached hydrogens (primary N) is 1. The number of fused-ring (bicyclic) bond motifs is 1. The minimum atomic E-state index is -4.87. The Kier molecular flexibility index (Phi) is 4.35. The van der Waals surface area contributed by atoms with Gasteiger partial charge in [0.15, 0.2) is 11.5 Å². The van der Waals surface area contributed by atoms with Crippen LogP contribution in [0, 0.1) is 11.3 Å². The van der Waals surface area contributed by atoms with Crippen molar-refractivity contribution in [2.24, 2.45) is 5.73 Å². The number of carbonyl (C=O) groups is 2. The summed E-state index contributed by atoms with van der Waals surface area (Å²) in [6.45, 7) is 0. The molecule has 2 aromatic carbocycles. The Morgan fingerprint density at radius 2 is 1.60 bits per heavy atom. The Hall–Kier alpha value is -4.06. The lowest BCUT2D eigenvalue weighted by molar-refractivity contribution is -0.274.